The minimum Gasteiger partial charge on any atom is -0.344 e. The predicted octanol–water partition coefficient (Wildman–Crippen LogP) is 0.915. The average molecular weight is 511 g/mol. The number of hydrogen-bond donors (Lipinski definition) is 2. The number of imidazole rings is 1. The number of sulfone groups is 1. The molecule has 1 aliphatic rings. The number of fused-ring (bicyclic) bond motifs is 2. The molecule has 36 heavy (non-hydrogen) atoms. The fourth-order valence-corrected chi connectivity index (χ4v) is 4.78. The van der Waals surface area contributed by atoms with Gasteiger partial charge in [-0.05, 0) is 19.1 Å². The van der Waals surface area contributed by atoms with E-state index in [9.17, 15) is 22.4 Å². The monoisotopic (exact) mass is 510 g/mol. The van der Waals surface area contributed by atoms with Crippen molar-refractivity contribution in [3.63, 3.8) is 0 Å². The SMILES string of the molecule is CC(NC(=O)c1c[nH]c2ncc(-c3nc(S(C)(=O)=O)n4cc(F)ccc34)nc12)C(=O)N1CC(C#N)C1. The predicted molar refractivity (Wildman–Crippen MR) is 124 cm³/mol. The van der Waals surface area contributed by atoms with Crippen LogP contribution in [0.2, 0.25) is 0 Å². The number of nitrogens with zero attached hydrogens (tertiary/aromatic N) is 6. The summed E-state index contributed by atoms with van der Waals surface area (Å²) in [6, 6.07) is 3.81. The van der Waals surface area contributed by atoms with Gasteiger partial charge in [-0.15, -0.1) is 0 Å². The first-order valence-electron chi connectivity index (χ1n) is 10.8. The molecular formula is C22H19FN8O4S. The topological polar surface area (TPSA) is 166 Å². The van der Waals surface area contributed by atoms with Crippen LogP contribution in [-0.2, 0) is 14.6 Å². The number of amides is 2. The van der Waals surface area contributed by atoms with Crippen LogP contribution in [0, 0.1) is 23.1 Å². The Morgan fingerprint density at radius 2 is 2.06 bits per heavy atom. The van der Waals surface area contributed by atoms with E-state index in [-0.39, 0.29) is 45.0 Å². The van der Waals surface area contributed by atoms with Crippen LogP contribution in [0.5, 0.6) is 0 Å². The second-order valence-electron chi connectivity index (χ2n) is 8.54. The number of likely N-dealkylation sites (tertiary alicyclic amines) is 1. The van der Waals surface area contributed by atoms with Gasteiger partial charge in [0.1, 0.15) is 28.8 Å². The summed E-state index contributed by atoms with van der Waals surface area (Å²) in [6.45, 7) is 2.21. The molecule has 12 nitrogen and oxygen atoms in total. The van der Waals surface area contributed by atoms with Crippen LogP contribution in [0.1, 0.15) is 17.3 Å². The minimum absolute atomic E-state index is 0.121. The summed E-state index contributed by atoms with van der Waals surface area (Å²) in [7, 11) is -3.81. The number of carbonyl (C=O) groups is 2. The summed E-state index contributed by atoms with van der Waals surface area (Å²) in [5.74, 6) is -1.71. The fourth-order valence-electron chi connectivity index (χ4n) is 4.01. The third-order valence-corrected chi connectivity index (χ3v) is 6.81. The Balaban J connectivity index is 1.48. The van der Waals surface area contributed by atoms with Crippen molar-refractivity contribution in [2.45, 2.75) is 18.1 Å². The van der Waals surface area contributed by atoms with Crippen molar-refractivity contribution in [3.05, 3.63) is 42.1 Å². The molecule has 0 spiro atoms. The number of rotatable bonds is 5. The first-order chi connectivity index (χ1) is 17.1. The summed E-state index contributed by atoms with van der Waals surface area (Å²) in [4.78, 5) is 42.7. The van der Waals surface area contributed by atoms with E-state index in [2.05, 4.69) is 31.3 Å². The summed E-state index contributed by atoms with van der Waals surface area (Å²) in [5, 5.41) is 11.2. The third kappa shape index (κ3) is 3.93. The van der Waals surface area contributed by atoms with Gasteiger partial charge in [0.05, 0.1) is 29.3 Å². The largest absolute Gasteiger partial charge is 0.344 e. The van der Waals surface area contributed by atoms with Gasteiger partial charge in [-0.3, -0.25) is 14.0 Å². The number of hydrogen-bond acceptors (Lipinski definition) is 8. The second-order valence-corrected chi connectivity index (χ2v) is 10.4. The van der Waals surface area contributed by atoms with Crippen LogP contribution < -0.4 is 5.32 Å². The highest BCUT2D eigenvalue weighted by Gasteiger charge is 2.33. The highest BCUT2D eigenvalue weighted by Crippen LogP contribution is 2.27. The van der Waals surface area contributed by atoms with Crippen molar-refractivity contribution >= 4 is 38.3 Å². The van der Waals surface area contributed by atoms with Gasteiger partial charge in [0.25, 0.3) is 5.91 Å². The lowest BCUT2D eigenvalue weighted by Gasteiger charge is -2.37. The number of pyridine rings is 1. The molecule has 0 bridgehead atoms. The molecule has 5 heterocycles. The Labute approximate surface area is 203 Å². The molecule has 4 aromatic heterocycles. The zero-order valence-electron chi connectivity index (χ0n) is 19.1. The van der Waals surface area contributed by atoms with E-state index in [0.717, 1.165) is 16.9 Å². The molecule has 184 valence electrons. The maximum Gasteiger partial charge on any atom is 0.255 e. The molecule has 1 unspecified atom stereocenters. The van der Waals surface area contributed by atoms with Crippen molar-refractivity contribution < 1.29 is 22.4 Å². The van der Waals surface area contributed by atoms with Crippen LogP contribution in [0.3, 0.4) is 0 Å². The normalized spacial score (nSPS) is 15.0. The number of carbonyl (C=O) groups excluding carboxylic acids is 2. The van der Waals surface area contributed by atoms with Gasteiger partial charge in [0, 0.05) is 31.7 Å². The van der Waals surface area contributed by atoms with Gasteiger partial charge in [-0.25, -0.2) is 27.8 Å². The Morgan fingerprint density at radius 1 is 1.31 bits per heavy atom. The minimum atomic E-state index is -3.81. The number of H-pyrrole nitrogens is 1. The molecule has 14 heteroatoms. The molecule has 0 saturated carbocycles. The van der Waals surface area contributed by atoms with Crippen LogP contribution in [0.15, 0.2) is 35.9 Å². The zero-order valence-corrected chi connectivity index (χ0v) is 19.9. The lowest BCUT2D eigenvalue weighted by Crippen LogP contribution is -2.55. The molecule has 2 amide bonds. The Kier molecular flexibility index (Phi) is 5.44. The summed E-state index contributed by atoms with van der Waals surface area (Å²) in [5.41, 5.74) is 1.20. The second kappa shape index (κ2) is 8.38. The highest BCUT2D eigenvalue weighted by molar-refractivity contribution is 7.90. The van der Waals surface area contributed by atoms with Gasteiger partial charge < -0.3 is 15.2 Å². The molecular weight excluding hydrogens is 491 g/mol. The molecule has 0 radical (unpaired) electrons. The average Bonchev–Trinajstić information content (AvgIpc) is 3.39. The van der Waals surface area contributed by atoms with E-state index < -0.39 is 27.6 Å². The molecule has 5 rings (SSSR count). The lowest BCUT2D eigenvalue weighted by atomic mass is 10.0. The quantitative estimate of drug-likeness (QED) is 0.400. The highest BCUT2D eigenvalue weighted by atomic mass is 32.2. The Morgan fingerprint density at radius 3 is 2.75 bits per heavy atom. The third-order valence-electron chi connectivity index (χ3n) is 5.86. The number of aromatic nitrogens is 5. The fraction of sp³-hybridized carbons (Fsp3) is 0.273. The number of halogens is 1. The smallest absolute Gasteiger partial charge is 0.255 e. The first kappa shape index (κ1) is 23.4. The summed E-state index contributed by atoms with van der Waals surface area (Å²) >= 11 is 0. The zero-order chi connectivity index (χ0) is 25.8. The molecule has 4 aromatic rings. The number of nitrogens with one attached hydrogen (secondary N) is 2. The lowest BCUT2D eigenvalue weighted by molar-refractivity contribution is -0.137. The summed E-state index contributed by atoms with van der Waals surface area (Å²) < 4.78 is 39.4. The van der Waals surface area contributed by atoms with Crippen LogP contribution in [0.25, 0.3) is 28.1 Å². The van der Waals surface area contributed by atoms with Crippen LogP contribution in [-0.4, -0.2) is 74.9 Å². The standard InChI is InChI=1S/C22H19FN8O4S/c1-11(21(33)30-8-12(5-24)9-30)27-20(32)14-6-25-19-17(14)28-15(7-26-19)18-16-4-3-13(23)10-31(16)22(29-18)36(2,34)35/h3-4,6-7,10-12H,8-9H2,1-2H3,(H,25,26)(H,27,32). The van der Waals surface area contributed by atoms with Crippen LogP contribution in [0.4, 0.5) is 4.39 Å². The van der Waals surface area contributed by atoms with Crippen LogP contribution >= 0.6 is 0 Å². The van der Waals surface area contributed by atoms with Gasteiger partial charge in [-0.1, -0.05) is 0 Å². The molecule has 0 aromatic carbocycles. The van der Waals surface area contributed by atoms with Crippen molar-refractivity contribution in [3.8, 4) is 17.5 Å². The van der Waals surface area contributed by atoms with Gasteiger partial charge >= 0.3 is 0 Å². The van der Waals surface area contributed by atoms with Gasteiger partial charge in [0.2, 0.25) is 20.9 Å². The maximum absolute atomic E-state index is 13.8. The van der Waals surface area contributed by atoms with E-state index in [0.29, 0.717) is 18.7 Å². The molecule has 1 fully saturated rings. The van der Waals surface area contributed by atoms with E-state index in [1.54, 1.807) is 6.92 Å². The van der Waals surface area contributed by atoms with E-state index in [1.165, 1.54) is 29.4 Å². The van der Waals surface area contributed by atoms with Crippen molar-refractivity contribution in [1.29, 1.82) is 5.26 Å². The van der Waals surface area contributed by atoms with Gasteiger partial charge in [0.15, 0.2) is 5.65 Å². The first-order valence-corrected chi connectivity index (χ1v) is 12.7. The molecule has 1 aliphatic heterocycles. The molecule has 1 atom stereocenters. The van der Waals surface area contributed by atoms with E-state index in [1.807, 2.05) is 0 Å². The number of aromatic amines is 1. The van der Waals surface area contributed by atoms with E-state index >= 15 is 0 Å². The van der Waals surface area contributed by atoms with Crippen molar-refractivity contribution in [1.82, 2.24) is 34.6 Å². The van der Waals surface area contributed by atoms with E-state index in [4.69, 9.17) is 5.26 Å². The maximum atomic E-state index is 13.8. The molecule has 1 saturated heterocycles. The van der Waals surface area contributed by atoms with Crippen molar-refractivity contribution in [2.75, 3.05) is 19.3 Å². The molecule has 0 aliphatic carbocycles. The Bertz CT molecular complexity index is 1700. The van der Waals surface area contributed by atoms with Gasteiger partial charge in [-0.2, -0.15) is 5.26 Å². The summed E-state index contributed by atoms with van der Waals surface area (Å²) in [6.07, 6.45) is 4.74. The molecule has 2 N–H and O–H groups in total. The van der Waals surface area contributed by atoms with Crippen molar-refractivity contribution in [2.24, 2.45) is 5.92 Å². The Hall–Kier alpha value is -4.38. The number of nitriles is 1.